The minimum Gasteiger partial charge on any atom is -0.395 e. The van der Waals surface area contributed by atoms with Gasteiger partial charge in [0, 0.05) is 18.6 Å². The third-order valence-electron chi connectivity index (χ3n) is 3.54. The second kappa shape index (κ2) is 7.25. The molecule has 1 heterocycles. The number of rotatable bonds is 7. The molecule has 0 aromatic carbocycles. The van der Waals surface area contributed by atoms with Gasteiger partial charge in [-0.1, -0.05) is 20.8 Å². The van der Waals surface area contributed by atoms with Gasteiger partial charge in [0.15, 0.2) is 0 Å². The molecule has 2 atom stereocenters. The summed E-state index contributed by atoms with van der Waals surface area (Å²) in [4.78, 5) is 2.55. The van der Waals surface area contributed by atoms with Gasteiger partial charge in [0.2, 0.25) is 0 Å². The van der Waals surface area contributed by atoms with Crippen LogP contribution in [0.2, 0.25) is 0 Å². The molecule has 0 aromatic heterocycles. The maximum atomic E-state index is 9.35. The fourth-order valence-corrected chi connectivity index (χ4v) is 2.65. The first-order valence-corrected chi connectivity index (χ1v) is 6.77. The van der Waals surface area contributed by atoms with Crippen LogP contribution in [0.3, 0.4) is 0 Å². The van der Waals surface area contributed by atoms with E-state index < -0.39 is 0 Å². The fraction of sp³-hybridized carbons (Fsp3) is 1.00. The Kier molecular flexibility index (Phi) is 6.32. The average molecular weight is 228 g/mol. The predicted octanol–water partition coefficient (Wildman–Crippen LogP) is 1.47. The van der Waals surface area contributed by atoms with Crippen molar-refractivity contribution >= 4 is 0 Å². The van der Waals surface area contributed by atoms with E-state index in [9.17, 15) is 5.11 Å². The lowest BCUT2D eigenvalue weighted by Gasteiger charge is -2.30. The average Bonchev–Trinajstić information content (AvgIpc) is 2.72. The molecule has 0 amide bonds. The Hall–Kier alpha value is -0.120. The van der Waals surface area contributed by atoms with Crippen molar-refractivity contribution in [2.75, 3.05) is 26.2 Å². The zero-order chi connectivity index (χ0) is 12.0. The molecule has 1 fully saturated rings. The normalized spacial score (nSPS) is 24.2. The molecule has 1 saturated heterocycles. The first kappa shape index (κ1) is 13.9. The smallest absolute Gasteiger partial charge is 0.0597 e. The molecule has 3 heteroatoms. The highest BCUT2D eigenvalue weighted by atomic mass is 16.3. The molecule has 0 spiro atoms. The van der Waals surface area contributed by atoms with Crippen molar-refractivity contribution < 1.29 is 5.11 Å². The lowest BCUT2D eigenvalue weighted by molar-refractivity contribution is 0.152. The Morgan fingerprint density at radius 1 is 1.44 bits per heavy atom. The van der Waals surface area contributed by atoms with Crippen molar-refractivity contribution in [3.63, 3.8) is 0 Å². The summed E-state index contributed by atoms with van der Waals surface area (Å²) in [7, 11) is 0. The molecule has 2 unspecified atom stereocenters. The first-order chi connectivity index (χ1) is 7.69. The van der Waals surface area contributed by atoms with Gasteiger partial charge in [-0.2, -0.15) is 0 Å². The number of aliphatic hydroxyl groups excluding tert-OH is 1. The van der Waals surface area contributed by atoms with E-state index in [0.29, 0.717) is 0 Å². The number of likely N-dealkylation sites (tertiary alicyclic amines) is 1. The van der Waals surface area contributed by atoms with E-state index >= 15 is 0 Å². The van der Waals surface area contributed by atoms with Crippen LogP contribution in [0.1, 0.15) is 40.0 Å². The summed E-state index contributed by atoms with van der Waals surface area (Å²) < 4.78 is 0. The molecule has 0 aliphatic carbocycles. The summed E-state index contributed by atoms with van der Waals surface area (Å²) in [6, 6.07) is 0.969. The van der Waals surface area contributed by atoms with Crippen LogP contribution < -0.4 is 5.32 Å². The van der Waals surface area contributed by atoms with Crippen molar-refractivity contribution in [3.05, 3.63) is 0 Å². The number of nitrogens with zero attached hydrogens (tertiary/aromatic N) is 1. The molecular weight excluding hydrogens is 200 g/mol. The van der Waals surface area contributed by atoms with Crippen molar-refractivity contribution in [1.29, 1.82) is 0 Å². The second-order valence-corrected chi connectivity index (χ2v) is 5.28. The lowest BCUT2D eigenvalue weighted by Crippen LogP contribution is -2.46. The van der Waals surface area contributed by atoms with Crippen LogP contribution >= 0.6 is 0 Å². The highest BCUT2D eigenvalue weighted by molar-refractivity contribution is 4.84. The van der Waals surface area contributed by atoms with E-state index in [0.717, 1.165) is 31.5 Å². The van der Waals surface area contributed by atoms with Gasteiger partial charge in [0.1, 0.15) is 0 Å². The van der Waals surface area contributed by atoms with E-state index in [1.54, 1.807) is 0 Å². The van der Waals surface area contributed by atoms with Gasteiger partial charge in [0.25, 0.3) is 0 Å². The van der Waals surface area contributed by atoms with Crippen molar-refractivity contribution in [3.8, 4) is 0 Å². The molecule has 0 bridgehead atoms. The zero-order valence-electron chi connectivity index (χ0n) is 11.1. The molecule has 0 aromatic rings. The number of hydrogen-bond acceptors (Lipinski definition) is 3. The van der Waals surface area contributed by atoms with Gasteiger partial charge in [-0.15, -0.1) is 0 Å². The molecular formula is C13H28N2O. The molecule has 1 rings (SSSR count). The van der Waals surface area contributed by atoms with E-state index in [1.807, 2.05) is 0 Å². The summed E-state index contributed by atoms with van der Waals surface area (Å²) >= 11 is 0. The zero-order valence-corrected chi connectivity index (χ0v) is 11.1. The second-order valence-electron chi connectivity index (χ2n) is 5.28. The fourth-order valence-electron chi connectivity index (χ4n) is 2.65. The first-order valence-electron chi connectivity index (χ1n) is 6.77. The molecule has 2 N–H and O–H groups in total. The third kappa shape index (κ3) is 4.04. The van der Waals surface area contributed by atoms with E-state index in [4.69, 9.17) is 0 Å². The standard InChI is InChI=1S/C13H28N2O/c1-4-7-14-12(10-16)9-15-8-5-6-13(15)11(2)3/h11-14,16H,4-10H2,1-3H3. The van der Waals surface area contributed by atoms with Gasteiger partial charge >= 0.3 is 0 Å². The molecule has 0 radical (unpaired) electrons. The minimum atomic E-state index is 0.249. The third-order valence-corrected chi connectivity index (χ3v) is 3.54. The Balaban J connectivity index is 2.38. The van der Waals surface area contributed by atoms with Crippen LogP contribution in [0.4, 0.5) is 0 Å². The topological polar surface area (TPSA) is 35.5 Å². The summed E-state index contributed by atoms with van der Waals surface area (Å²) in [5, 5.41) is 12.8. The van der Waals surface area contributed by atoms with Gasteiger partial charge < -0.3 is 10.4 Å². The monoisotopic (exact) mass is 228 g/mol. The number of aliphatic hydroxyl groups is 1. The largest absolute Gasteiger partial charge is 0.395 e. The minimum absolute atomic E-state index is 0.249. The molecule has 3 nitrogen and oxygen atoms in total. The number of hydrogen-bond donors (Lipinski definition) is 2. The Morgan fingerprint density at radius 2 is 2.19 bits per heavy atom. The highest BCUT2D eigenvalue weighted by Gasteiger charge is 2.28. The van der Waals surface area contributed by atoms with Crippen molar-refractivity contribution in [1.82, 2.24) is 10.2 Å². The van der Waals surface area contributed by atoms with Crippen molar-refractivity contribution in [2.24, 2.45) is 5.92 Å². The molecule has 1 aliphatic heterocycles. The Bertz CT molecular complexity index is 185. The van der Waals surface area contributed by atoms with Crippen LogP contribution in [-0.2, 0) is 0 Å². The Morgan fingerprint density at radius 3 is 2.75 bits per heavy atom. The summed E-state index contributed by atoms with van der Waals surface area (Å²) in [6.45, 7) is 10.2. The summed E-state index contributed by atoms with van der Waals surface area (Å²) in [5.41, 5.74) is 0. The summed E-state index contributed by atoms with van der Waals surface area (Å²) in [5.74, 6) is 0.730. The number of nitrogens with one attached hydrogen (secondary N) is 1. The predicted molar refractivity (Wildman–Crippen MR) is 68.6 cm³/mol. The van der Waals surface area contributed by atoms with Gasteiger partial charge in [-0.3, -0.25) is 4.90 Å². The van der Waals surface area contributed by atoms with Crippen LogP contribution in [0, 0.1) is 5.92 Å². The lowest BCUT2D eigenvalue weighted by atomic mass is 10.0. The van der Waals surface area contributed by atoms with E-state index in [1.165, 1.54) is 19.4 Å². The quantitative estimate of drug-likeness (QED) is 0.692. The molecule has 1 aliphatic rings. The molecule has 16 heavy (non-hydrogen) atoms. The van der Waals surface area contributed by atoms with Gasteiger partial charge in [-0.05, 0) is 38.3 Å². The SMILES string of the molecule is CCCNC(CO)CN1CCCC1C(C)C. The van der Waals surface area contributed by atoms with Gasteiger partial charge in [-0.25, -0.2) is 0 Å². The van der Waals surface area contributed by atoms with Crippen LogP contribution in [0.5, 0.6) is 0 Å². The van der Waals surface area contributed by atoms with Crippen LogP contribution in [0.25, 0.3) is 0 Å². The molecule has 96 valence electrons. The van der Waals surface area contributed by atoms with E-state index in [2.05, 4.69) is 31.0 Å². The maximum absolute atomic E-state index is 9.35. The van der Waals surface area contributed by atoms with Gasteiger partial charge in [0.05, 0.1) is 6.61 Å². The highest BCUT2D eigenvalue weighted by Crippen LogP contribution is 2.23. The van der Waals surface area contributed by atoms with Crippen LogP contribution in [0.15, 0.2) is 0 Å². The van der Waals surface area contributed by atoms with E-state index in [-0.39, 0.29) is 12.6 Å². The van der Waals surface area contributed by atoms with Crippen LogP contribution in [-0.4, -0.2) is 48.3 Å². The Labute approximate surface area is 100 Å². The molecule has 0 saturated carbocycles. The van der Waals surface area contributed by atoms with Crippen molar-refractivity contribution in [2.45, 2.75) is 52.1 Å². The summed E-state index contributed by atoms with van der Waals surface area (Å²) in [6.07, 6.45) is 3.77. The maximum Gasteiger partial charge on any atom is 0.0597 e.